The zero-order chi connectivity index (χ0) is 16.1. The van der Waals surface area contributed by atoms with Gasteiger partial charge in [-0.1, -0.05) is 13.3 Å². The quantitative estimate of drug-likeness (QED) is 0.848. The van der Waals surface area contributed by atoms with Crippen LogP contribution in [0.4, 0.5) is 5.69 Å². The van der Waals surface area contributed by atoms with Gasteiger partial charge in [0.25, 0.3) is 0 Å². The molecule has 3 heterocycles. The summed E-state index contributed by atoms with van der Waals surface area (Å²) in [5, 5.41) is 0.629. The van der Waals surface area contributed by atoms with Crippen LogP contribution in [0.2, 0.25) is 0 Å². The number of anilines is 1. The van der Waals surface area contributed by atoms with E-state index in [0.717, 1.165) is 44.8 Å². The molecule has 2 unspecified atom stereocenters. The normalized spacial score (nSPS) is 25.4. The van der Waals surface area contributed by atoms with Gasteiger partial charge in [0.15, 0.2) is 0 Å². The highest BCUT2D eigenvalue weighted by Gasteiger charge is 2.33. The summed E-state index contributed by atoms with van der Waals surface area (Å²) in [5.41, 5.74) is 1.19. The van der Waals surface area contributed by atoms with Crippen LogP contribution in [0.5, 0.6) is 0 Å². The van der Waals surface area contributed by atoms with Gasteiger partial charge < -0.3 is 9.80 Å². The third kappa shape index (κ3) is 4.19. The molecule has 1 aromatic rings. The Morgan fingerprint density at radius 2 is 2.04 bits per heavy atom. The lowest BCUT2D eigenvalue weighted by atomic mass is 10.1. The summed E-state index contributed by atoms with van der Waals surface area (Å²) in [6.45, 7) is 5.94. The second-order valence-electron chi connectivity index (χ2n) is 6.49. The van der Waals surface area contributed by atoms with Crippen molar-refractivity contribution in [1.29, 1.82) is 0 Å². The molecule has 0 spiro atoms. The van der Waals surface area contributed by atoms with Crippen molar-refractivity contribution in [2.45, 2.75) is 37.9 Å². The van der Waals surface area contributed by atoms with Crippen LogP contribution in [0.15, 0.2) is 24.5 Å². The summed E-state index contributed by atoms with van der Waals surface area (Å²) in [6.07, 6.45) is 8.31. The minimum atomic E-state index is 0.161. The van der Waals surface area contributed by atoms with Gasteiger partial charge >= 0.3 is 0 Å². The third-order valence-electron chi connectivity index (χ3n) is 4.91. The third-order valence-corrected chi connectivity index (χ3v) is 6.10. The molecule has 0 aliphatic carbocycles. The topological polar surface area (TPSA) is 36.4 Å². The molecule has 0 radical (unpaired) electrons. The summed E-state index contributed by atoms with van der Waals surface area (Å²) in [4.78, 5) is 21.5. The zero-order valence-electron chi connectivity index (χ0n) is 14.0. The molecular weight excluding hydrogens is 306 g/mol. The van der Waals surface area contributed by atoms with Crippen LogP contribution >= 0.6 is 11.8 Å². The highest BCUT2D eigenvalue weighted by Crippen LogP contribution is 2.27. The summed E-state index contributed by atoms with van der Waals surface area (Å²) in [5.74, 6) is 1.69. The average molecular weight is 334 g/mol. The number of carbonyl (C=O) groups excluding carboxylic acids is 1. The standard InChI is InChI=1S/C18H27N3OS/c1-2-23-17-5-3-4-11-21(14-17)18(22)15-8-12-20(13-15)16-6-9-19-10-7-16/h6-7,9-10,15,17H,2-5,8,11-14H2,1H3. The van der Waals surface area contributed by atoms with Crippen molar-refractivity contribution in [3.05, 3.63) is 24.5 Å². The second kappa shape index (κ2) is 8.04. The van der Waals surface area contributed by atoms with Crippen LogP contribution in [-0.4, -0.2) is 53.0 Å². The molecule has 1 amide bonds. The van der Waals surface area contributed by atoms with E-state index >= 15 is 0 Å². The molecule has 4 nitrogen and oxygen atoms in total. The largest absolute Gasteiger partial charge is 0.371 e. The Morgan fingerprint density at radius 3 is 2.83 bits per heavy atom. The van der Waals surface area contributed by atoms with E-state index < -0.39 is 0 Å². The van der Waals surface area contributed by atoms with Crippen molar-refractivity contribution in [1.82, 2.24) is 9.88 Å². The Balaban J connectivity index is 1.59. The lowest BCUT2D eigenvalue weighted by molar-refractivity contribution is -0.134. The molecule has 23 heavy (non-hydrogen) atoms. The monoisotopic (exact) mass is 333 g/mol. The Hall–Kier alpha value is -1.23. The number of nitrogens with zero attached hydrogens (tertiary/aromatic N) is 3. The molecule has 3 rings (SSSR count). The first-order chi connectivity index (χ1) is 11.3. The summed E-state index contributed by atoms with van der Waals surface area (Å²) >= 11 is 2.02. The molecule has 1 aromatic heterocycles. The maximum atomic E-state index is 13.0. The number of rotatable bonds is 4. The molecule has 0 saturated carbocycles. The van der Waals surface area contributed by atoms with Crippen LogP contribution in [-0.2, 0) is 4.79 Å². The lowest BCUT2D eigenvalue weighted by Crippen LogP contribution is -2.40. The molecule has 0 N–H and O–H groups in total. The molecule has 2 atom stereocenters. The van der Waals surface area contributed by atoms with Crippen LogP contribution in [0.1, 0.15) is 32.6 Å². The number of amides is 1. The van der Waals surface area contributed by atoms with Crippen molar-refractivity contribution in [3.63, 3.8) is 0 Å². The van der Waals surface area contributed by atoms with Crippen molar-refractivity contribution < 1.29 is 4.79 Å². The number of aromatic nitrogens is 1. The predicted octanol–water partition coefficient (Wildman–Crippen LogP) is 3.04. The maximum Gasteiger partial charge on any atom is 0.227 e. The van der Waals surface area contributed by atoms with E-state index in [2.05, 4.69) is 21.7 Å². The van der Waals surface area contributed by atoms with Gasteiger partial charge in [-0.2, -0.15) is 11.8 Å². The van der Waals surface area contributed by atoms with Gasteiger partial charge in [-0.25, -0.2) is 0 Å². The summed E-state index contributed by atoms with van der Waals surface area (Å²) in [7, 11) is 0. The second-order valence-corrected chi connectivity index (χ2v) is 8.07. The maximum absolute atomic E-state index is 13.0. The molecule has 5 heteroatoms. The number of likely N-dealkylation sites (tertiary alicyclic amines) is 1. The Labute approximate surface area is 143 Å². The van der Waals surface area contributed by atoms with Gasteiger partial charge in [-0.3, -0.25) is 9.78 Å². The van der Waals surface area contributed by atoms with Crippen molar-refractivity contribution in [3.8, 4) is 0 Å². The number of hydrogen-bond acceptors (Lipinski definition) is 4. The van der Waals surface area contributed by atoms with Crippen molar-refractivity contribution >= 4 is 23.4 Å². The van der Waals surface area contributed by atoms with E-state index in [9.17, 15) is 4.79 Å². The average Bonchev–Trinajstić information content (AvgIpc) is 2.96. The molecule has 2 aliphatic rings. The smallest absolute Gasteiger partial charge is 0.227 e. The molecular formula is C18H27N3OS. The molecule has 0 bridgehead atoms. The Morgan fingerprint density at radius 1 is 1.22 bits per heavy atom. The predicted molar refractivity (Wildman–Crippen MR) is 96.9 cm³/mol. The molecule has 2 saturated heterocycles. The van der Waals surface area contributed by atoms with Gasteiger partial charge in [0.2, 0.25) is 5.91 Å². The first-order valence-electron chi connectivity index (χ1n) is 8.83. The van der Waals surface area contributed by atoms with Crippen LogP contribution in [0, 0.1) is 5.92 Å². The Bertz CT molecular complexity index is 510. The fraction of sp³-hybridized carbons (Fsp3) is 0.667. The summed E-state index contributed by atoms with van der Waals surface area (Å²) in [6, 6.07) is 4.07. The van der Waals surface area contributed by atoms with E-state index in [1.54, 1.807) is 0 Å². The molecule has 126 valence electrons. The molecule has 0 aromatic carbocycles. The Kier molecular flexibility index (Phi) is 5.81. The first-order valence-corrected chi connectivity index (χ1v) is 9.88. The van der Waals surface area contributed by atoms with E-state index in [1.165, 1.54) is 18.5 Å². The first kappa shape index (κ1) is 16.6. The van der Waals surface area contributed by atoms with Crippen molar-refractivity contribution in [2.24, 2.45) is 5.92 Å². The number of thioether (sulfide) groups is 1. The van der Waals surface area contributed by atoms with E-state index in [1.807, 2.05) is 36.3 Å². The van der Waals surface area contributed by atoms with Crippen LogP contribution in [0.3, 0.4) is 0 Å². The summed E-state index contributed by atoms with van der Waals surface area (Å²) < 4.78 is 0. The van der Waals surface area contributed by atoms with Gasteiger partial charge in [0.1, 0.15) is 0 Å². The van der Waals surface area contributed by atoms with Gasteiger partial charge in [-0.05, 0) is 37.1 Å². The zero-order valence-corrected chi connectivity index (χ0v) is 14.8. The van der Waals surface area contributed by atoms with Gasteiger partial charge in [0.05, 0.1) is 5.92 Å². The number of hydrogen-bond donors (Lipinski definition) is 0. The SMILES string of the molecule is CCSC1CCCCN(C(=O)C2CCN(c3ccncc3)C2)C1. The highest BCUT2D eigenvalue weighted by molar-refractivity contribution is 7.99. The van der Waals surface area contributed by atoms with Gasteiger partial charge in [0, 0.05) is 49.5 Å². The highest BCUT2D eigenvalue weighted by atomic mass is 32.2. The van der Waals surface area contributed by atoms with Crippen molar-refractivity contribution in [2.75, 3.05) is 36.8 Å². The van der Waals surface area contributed by atoms with Crippen LogP contribution in [0.25, 0.3) is 0 Å². The van der Waals surface area contributed by atoms with E-state index in [-0.39, 0.29) is 5.92 Å². The minimum Gasteiger partial charge on any atom is -0.371 e. The lowest BCUT2D eigenvalue weighted by Gasteiger charge is -2.27. The fourth-order valence-corrected chi connectivity index (χ4v) is 4.77. The van der Waals surface area contributed by atoms with Gasteiger partial charge in [-0.15, -0.1) is 0 Å². The van der Waals surface area contributed by atoms with Crippen LogP contribution < -0.4 is 4.90 Å². The molecule has 2 aliphatic heterocycles. The number of pyridine rings is 1. The minimum absolute atomic E-state index is 0.161. The van der Waals surface area contributed by atoms with E-state index in [0.29, 0.717) is 11.2 Å². The number of carbonyl (C=O) groups is 1. The molecule has 2 fully saturated rings. The van der Waals surface area contributed by atoms with E-state index in [4.69, 9.17) is 0 Å². The fourth-order valence-electron chi connectivity index (χ4n) is 3.68.